The van der Waals surface area contributed by atoms with E-state index in [1.54, 1.807) is 0 Å². The van der Waals surface area contributed by atoms with Crippen molar-refractivity contribution in [3.05, 3.63) is 107 Å². The van der Waals surface area contributed by atoms with Gasteiger partial charge >= 0.3 is 12.2 Å². The number of hydrogen-bond donors (Lipinski definition) is 4. The Bertz CT molecular complexity index is 3140. The molecule has 0 unspecified atom stereocenters. The summed E-state index contributed by atoms with van der Waals surface area (Å²) in [5, 5.41) is 5.69. The molecule has 2 saturated heterocycles. The molecule has 4 amide bonds. The largest absolute Gasteiger partial charge is 0.453 e. The lowest BCUT2D eigenvalue weighted by Crippen LogP contribution is -2.53. The van der Waals surface area contributed by atoms with Crippen molar-refractivity contribution >= 4 is 46.1 Å². The van der Waals surface area contributed by atoms with Gasteiger partial charge in [-0.25, -0.2) is 19.6 Å². The van der Waals surface area contributed by atoms with Crippen LogP contribution in [0.2, 0.25) is 0 Å². The van der Waals surface area contributed by atoms with E-state index in [1.807, 2.05) is 27.7 Å². The molecule has 14 heteroatoms. The zero-order chi connectivity index (χ0) is 52.2. The molecule has 0 radical (unpaired) electrons. The molecular formula is C61H74N8O6. The molecule has 14 nitrogen and oxygen atoms in total. The minimum absolute atomic E-state index is 0.0678. The first-order chi connectivity index (χ1) is 36.3. The first-order valence-electron chi connectivity index (χ1n) is 27.8. The molecule has 75 heavy (non-hydrogen) atoms. The van der Waals surface area contributed by atoms with Gasteiger partial charge in [-0.05, 0) is 156 Å². The number of aromatic amines is 2. The van der Waals surface area contributed by atoms with Crippen LogP contribution in [0.1, 0.15) is 151 Å². The number of fused-ring (bicyclic) bond motifs is 4. The fourth-order valence-electron chi connectivity index (χ4n) is 13.9. The molecule has 4 heterocycles. The van der Waals surface area contributed by atoms with E-state index in [0.29, 0.717) is 11.8 Å². The number of carbonyl (C=O) groups excluding carboxylic acids is 4. The molecule has 2 aliphatic heterocycles. The molecule has 14 rings (SSSR count). The molecule has 2 aromatic heterocycles. The molecule has 2 saturated carbocycles. The highest BCUT2D eigenvalue weighted by molar-refractivity contribution is 5.89. The molecule has 8 aliphatic rings. The number of ether oxygens (including phenoxy) is 2. The van der Waals surface area contributed by atoms with Crippen LogP contribution < -0.4 is 10.6 Å². The van der Waals surface area contributed by atoms with E-state index in [-0.39, 0.29) is 53.7 Å². The number of nitrogens with one attached hydrogen (secondary N) is 4. The number of imidazole rings is 2. The highest BCUT2D eigenvalue weighted by Gasteiger charge is 2.50. The van der Waals surface area contributed by atoms with E-state index in [0.717, 1.165) is 128 Å². The predicted molar refractivity (Wildman–Crippen MR) is 291 cm³/mol. The third-order valence-electron chi connectivity index (χ3n) is 17.8. The van der Waals surface area contributed by atoms with Crippen molar-refractivity contribution < 1.29 is 28.7 Å². The summed E-state index contributed by atoms with van der Waals surface area (Å²) >= 11 is 0. The second kappa shape index (κ2) is 20.8. The van der Waals surface area contributed by atoms with Crippen molar-refractivity contribution in [2.75, 3.05) is 14.2 Å². The second-order valence-corrected chi connectivity index (χ2v) is 23.2. The Kier molecular flexibility index (Phi) is 14.0. The summed E-state index contributed by atoms with van der Waals surface area (Å²) in [7, 11) is 2.67. The van der Waals surface area contributed by atoms with Gasteiger partial charge in [0.2, 0.25) is 11.8 Å². The molecule has 4 N–H and O–H groups in total. The van der Waals surface area contributed by atoms with Crippen molar-refractivity contribution in [2.24, 2.45) is 23.7 Å². The summed E-state index contributed by atoms with van der Waals surface area (Å²) in [6, 6.07) is 25.5. The van der Waals surface area contributed by atoms with Crippen molar-refractivity contribution in [2.45, 2.75) is 160 Å². The maximum Gasteiger partial charge on any atom is 0.407 e. The van der Waals surface area contributed by atoms with Crippen LogP contribution in [0.4, 0.5) is 9.59 Å². The van der Waals surface area contributed by atoms with Crippen molar-refractivity contribution in [3.8, 4) is 22.3 Å². The van der Waals surface area contributed by atoms with Gasteiger partial charge in [0.25, 0.3) is 0 Å². The lowest BCUT2D eigenvalue weighted by molar-refractivity contribution is -0.139. The fraction of sp³-hybridized carbons (Fsp3) is 0.508. The SMILES string of the molecule is COC(=O)N[C@@H](C(=O)N1[C@H](c2nc3ccc(-c4cc5ccc4CCc4ccc(c(-c6ccc7nc([C@@H]8C[C@@H]9CCCC[C@@H]9N8C(=O)[C@H](NC(=O)OC)C(C)C)[nH]c7c6)c4)[C@H](C)C5)cc3[nH]2)C[C@@H]2CCCC[C@@H]21)C(C)C. The molecule has 0 spiro atoms. The number of hydrogen-bond acceptors (Lipinski definition) is 8. The Morgan fingerprint density at radius 2 is 1.09 bits per heavy atom. The molecule has 9 atom stereocenters. The third-order valence-corrected chi connectivity index (χ3v) is 17.8. The van der Waals surface area contributed by atoms with E-state index in [2.05, 4.69) is 110 Å². The Morgan fingerprint density at radius 1 is 0.600 bits per heavy atom. The number of nitrogens with zero attached hydrogens (tertiary/aromatic N) is 4. The maximum absolute atomic E-state index is 14.5. The van der Waals surface area contributed by atoms with Gasteiger partial charge in [0.1, 0.15) is 23.7 Å². The van der Waals surface area contributed by atoms with Gasteiger partial charge in [0.05, 0.1) is 48.4 Å². The standard InChI is InChI=1S/C61H74N8O6/c1-33(2)54(66-60(72)74-6)58(70)68-50-14-10-8-12-41(50)31-52(68)56-62-46-24-21-39(29-48(46)64-56)44-28-37-17-20-38(44)19-16-36-18-23-43(35(5)26-37)45(27-36)40-22-25-47-49(30-40)65-57(63-47)53-32-42-13-9-11-15-51(42)69(53)59(71)55(34(3)4)67-61(73)75-7/h17-18,20-25,27-30,33-35,41-42,50-55H,8-16,19,26,31-32H2,1-7H3,(H,62,64)(H,63,65)(H,66,72)(H,67,73)/t35-,41+,42+,50+,51+,52+,53+,54-,55-/m1/s1. The normalized spacial score (nSPS) is 24.2. The van der Waals surface area contributed by atoms with Crippen LogP contribution in [0.3, 0.4) is 0 Å². The number of methoxy groups -OCH3 is 2. The van der Waals surface area contributed by atoms with Gasteiger partial charge in [-0.2, -0.15) is 0 Å². The van der Waals surface area contributed by atoms with Gasteiger partial charge in [-0.1, -0.05) is 109 Å². The van der Waals surface area contributed by atoms with Gasteiger partial charge < -0.3 is 39.9 Å². The number of benzene rings is 4. The number of H-pyrrole nitrogens is 2. The van der Waals surface area contributed by atoms with Crippen LogP contribution in [0.5, 0.6) is 0 Å². The predicted octanol–water partition coefficient (Wildman–Crippen LogP) is 11.6. The van der Waals surface area contributed by atoms with Crippen molar-refractivity contribution in [1.29, 1.82) is 0 Å². The molecule has 4 aromatic carbocycles. The quantitative estimate of drug-likeness (QED) is 0.105. The van der Waals surface area contributed by atoms with E-state index in [4.69, 9.17) is 19.4 Å². The molecular weight excluding hydrogens is 941 g/mol. The number of amides is 4. The lowest BCUT2D eigenvalue weighted by Gasteiger charge is -2.36. The summed E-state index contributed by atoms with van der Waals surface area (Å²) in [6.45, 7) is 10.2. The smallest absolute Gasteiger partial charge is 0.407 e. The number of rotatable bonds is 10. The van der Waals surface area contributed by atoms with Crippen LogP contribution in [-0.4, -0.2) is 92.1 Å². The van der Waals surface area contributed by atoms with Crippen LogP contribution in [0.25, 0.3) is 44.3 Å². The highest BCUT2D eigenvalue weighted by Crippen LogP contribution is 2.49. The molecule has 4 fully saturated rings. The average Bonchev–Trinajstić information content (AvgIpc) is 4.23. The molecule has 6 aliphatic carbocycles. The number of alkyl carbamates (subject to hydrolysis) is 2. The zero-order valence-corrected chi connectivity index (χ0v) is 44.7. The van der Waals surface area contributed by atoms with Crippen LogP contribution in [-0.2, 0) is 38.3 Å². The summed E-state index contributed by atoms with van der Waals surface area (Å²) in [5.41, 5.74) is 13.5. The number of aromatic nitrogens is 4. The van der Waals surface area contributed by atoms with Gasteiger partial charge in [-0.15, -0.1) is 0 Å². The van der Waals surface area contributed by atoms with Gasteiger partial charge in [-0.3, -0.25) is 9.59 Å². The topological polar surface area (TPSA) is 175 Å². The summed E-state index contributed by atoms with van der Waals surface area (Å²) < 4.78 is 9.88. The maximum atomic E-state index is 14.5. The van der Waals surface area contributed by atoms with Crippen LogP contribution in [0, 0.1) is 23.7 Å². The van der Waals surface area contributed by atoms with E-state index in [1.165, 1.54) is 47.6 Å². The summed E-state index contributed by atoms with van der Waals surface area (Å²) in [4.78, 5) is 75.8. The highest BCUT2D eigenvalue weighted by atomic mass is 16.5. The minimum Gasteiger partial charge on any atom is -0.453 e. The molecule has 4 bridgehead atoms. The van der Waals surface area contributed by atoms with Gasteiger partial charge in [0, 0.05) is 12.1 Å². The molecule has 394 valence electrons. The van der Waals surface area contributed by atoms with E-state index >= 15 is 0 Å². The Labute approximate surface area is 440 Å². The van der Waals surface area contributed by atoms with Crippen molar-refractivity contribution in [1.82, 2.24) is 40.4 Å². The summed E-state index contributed by atoms with van der Waals surface area (Å²) in [5.74, 6) is 2.24. The number of carbonyl (C=O) groups is 4. The minimum atomic E-state index is -0.697. The van der Waals surface area contributed by atoms with Crippen LogP contribution >= 0.6 is 0 Å². The first-order valence-corrected chi connectivity index (χ1v) is 27.8. The zero-order valence-electron chi connectivity index (χ0n) is 44.7. The summed E-state index contributed by atoms with van der Waals surface area (Å²) in [6.07, 6.45) is 11.7. The first kappa shape index (κ1) is 50.5. The monoisotopic (exact) mass is 1010 g/mol. The van der Waals surface area contributed by atoms with E-state index < -0.39 is 24.3 Å². The average molecular weight is 1020 g/mol. The third kappa shape index (κ3) is 9.67. The molecule has 6 aromatic rings. The Balaban J connectivity index is 0.862. The number of likely N-dealkylation sites (tertiary alicyclic amines) is 2. The van der Waals surface area contributed by atoms with Gasteiger partial charge in [0.15, 0.2) is 0 Å². The van der Waals surface area contributed by atoms with Crippen molar-refractivity contribution in [3.63, 3.8) is 0 Å². The fourth-order valence-corrected chi connectivity index (χ4v) is 13.9. The second-order valence-electron chi connectivity index (χ2n) is 23.2. The van der Waals surface area contributed by atoms with E-state index in [9.17, 15) is 19.2 Å². The van der Waals surface area contributed by atoms with Crippen LogP contribution in [0.15, 0.2) is 72.8 Å². The number of aryl methyl sites for hydroxylation is 2. The lowest BCUT2D eigenvalue weighted by atomic mass is 9.83. The Morgan fingerprint density at radius 3 is 1.61 bits per heavy atom. The Hall–Kier alpha value is -6.70.